The minimum absolute atomic E-state index is 0.209. The van der Waals surface area contributed by atoms with Crippen molar-refractivity contribution >= 4 is 17.5 Å². The monoisotopic (exact) mass is 321 g/mol. The number of hydrogen-bond acceptors (Lipinski definition) is 4. The molecule has 5 heteroatoms. The molecule has 0 aliphatic rings. The molecule has 3 rings (SSSR count). The lowest BCUT2D eigenvalue weighted by Gasteiger charge is -2.06. The van der Waals surface area contributed by atoms with Gasteiger partial charge in [0.15, 0.2) is 5.82 Å². The number of para-hydroxylation sites is 1. The van der Waals surface area contributed by atoms with E-state index >= 15 is 0 Å². The van der Waals surface area contributed by atoms with E-state index < -0.39 is 0 Å². The molecule has 0 unspecified atom stereocenters. The van der Waals surface area contributed by atoms with Gasteiger partial charge in [0.2, 0.25) is 0 Å². The van der Waals surface area contributed by atoms with E-state index in [1.54, 1.807) is 6.92 Å². The van der Waals surface area contributed by atoms with Crippen molar-refractivity contribution < 1.29 is 9.53 Å². The Kier molecular flexibility index (Phi) is 4.91. The van der Waals surface area contributed by atoms with Crippen molar-refractivity contribution in [3.05, 3.63) is 72.4 Å². The summed E-state index contributed by atoms with van der Waals surface area (Å²) < 4.78 is 6.77. The molecule has 5 nitrogen and oxygen atoms in total. The van der Waals surface area contributed by atoms with Crippen molar-refractivity contribution in [2.24, 2.45) is 0 Å². The van der Waals surface area contributed by atoms with E-state index in [0.717, 1.165) is 22.8 Å². The molecule has 122 valence electrons. The first-order valence-electron chi connectivity index (χ1n) is 7.87. The molecule has 3 aromatic rings. The standard InChI is InChI=1S/C19H19N3O2/c1-2-24-19(23)14-15-8-10-16(11-9-15)20-18-12-13-22(21-18)17-6-4-3-5-7-17/h3-13H,2,14H2,1H3,(H,20,21). The number of rotatable bonds is 6. The highest BCUT2D eigenvalue weighted by Gasteiger charge is 2.05. The van der Waals surface area contributed by atoms with Crippen molar-refractivity contribution in [3.8, 4) is 5.69 Å². The molecule has 0 radical (unpaired) electrons. The summed E-state index contributed by atoms with van der Waals surface area (Å²) in [5, 5.41) is 7.75. The SMILES string of the molecule is CCOC(=O)Cc1ccc(Nc2ccn(-c3ccccc3)n2)cc1. The van der Waals surface area contributed by atoms with Gasteiger partial charge in [-0.2, -0.15) is 5.10 Å². The molecule has 0 bridgehead atoms. The van der Waals surface area contributed by atoms with Crippen LogP contribution in [-0.2, 0) is 16.0 Å². The lowest BCUT2D eigenvalue weighted by Crippen LogP contribution is -2.07. The average Bonchev–Trinajstić information content (AvgIpc) is 3.06. The summed E-state index contributed by atoms with van der Waals surface area (Å²) in [5.74, 6) is 0.553. The quantitative estimate of drug-likeness (QED) is 0.703. The van der Waals surface area contributed by atoms with E-state index in [4.69, 9.17) is 4.74 Å². The van der Waals surface area contributed by atoms with Crippen LogP contribution < -0.4 is 5.32 Å². The summed E-state index contributed by atoms with van der Waals surface area (Å²) in [6, 6.07) is 19.5. The van der Waals surface area contributed by atoms with E-state index in [-0.39, 0.29) is 12.4 Å². The number of carbonyl (C=O) groups is 1. The van der Waals surface area contributed by atoms with Crippen molar-refractivity contribution in [2.75, 3.05) is 11.9 Å². The lowest BCUT2D eigenvalue weighted by atomic mass is 10.1. The average molecular weight is 321 g/mol. The minimum Gasteiger partial charge on any atom is -0.466 e. The number of nitrogens with zero attached hydrogens (tertiary/aromatic N) is 2. The van der Waals surface area contributed by atoms with Crippen molar-refractivity contribution in [2.45, 2.75) is 13.3 Å². The third-order valence-electron chi connectivity index (χ3n) is 3.49. The number of anilines is 2. The summed E-state index contributed by atoms with van der Waals surface area (Å²) in [6.07, 6.45) is 2.20. The summed E-state index contributed by atoms with van der Waals surface area (Å²) in [5.41, 5.74) is 2.85. The maximum atomic E-state index is 11.5. The first-order valence-corrected chi connectivity index (χ1v) is 7.87. The number of aromatic nitrogens is 2. The van der Waals surface area contributed by atoms with Gasteiger partial charge < -0.3 is 10.1 Å². The molecule has 0 amide bonds. The van der Waals surface area contributed by atoms with E-state index in [2.05, 4.69) is 10.4 Å². The Balaban J connectivity index is 1.64. The van der Waals surface area contributed by atoms with E-state index in [1.807, 2.05) is 71.5 Å². The number of ether oxygens (including phenoxy) is 1. The molecule has 0 saturated carbocycles. The molecule has 1 N–H and O–H groups in total. The Morgan fingerprint density at radius 2 is 1.83 bits per heavy atom. The van der Waals surface area contributed by atoms with Crippen LogP contribution in [0.25, 0.3) is 5.69 Å². The highest BCUT2D eigenvalue weighted by atomic mass is 16.5. The third-order valence-corrected chi connectivity index (χ3v) is 3.49. The fourth-order valence-electron chi connectivity index (χ4n) is 2.35. The van der Waals surface area contributed by atoms with Gasteiger partial charge in [-0.25, -0.2) is 4.68 Å². The molecular formula is C19H19N3O2. The summed E-state index contributed by atoms with van der Waals surface area (Å²) in [7, 11) is 0. The van der Waals surface area contributed by atoms with Crippen LogP contribution in [0.5, 0.6) is 0 Å². The number of nitrogens with one attached hydrogen (secondary N) is 1. The maximum absolute atomic E-state index is 11.5. The Morgan fingerprint density at radius 1 is 1.08 bits per heavy atom. The maximum Gasteiger partial charge on any atom is 0.310 e. The molecule has 1 aromatic heterocycles. The molecule has 2 aromatic carbocycles. The van der Waals surface area contributed by atoms with Crippen LogP contribution in [0.15, 0.2) is 66.9 Å². The van der Waals surface area contributed by atoms with Crippen LogP contribution in [0.2, 0.25) is 0 Å². The second-order valence-corrected chi connectivity index (χ2v) is 5.28. The van der Waals surface area contributed by atoms with E-state index in [0.29, 0.717) is 6.61 Å². The minimum atomic E-state index is -0.209. The van der Waals surface area contributed by atoms with Crippen LogP contribution in [0.3, 0.4) is 0 Å². The zero-order valence-corrected chi connectivity index (χ0v) is 13.5. The van der Waals surface area contributed by atoms with Crippen LogP contribution in [0, 0.1) is 0 Å². The summed E-state index contributed by atoms with van der Waals surface area (Å²) >= 11 is 0. The highest BCUT2D eigenvalue weighted by molar-refractivity contribution is 5.72. The zero-order valence-electron chi connectivity index (χ0n) is 13.5. The second kappa shape index (κ2) is 7.46. The third kappa shape index (κ3) is 4.01. The van der Waals surface area contributed by atoms with Gasteiger partial charge in [0.05, 0.1) is 18.7 Å². The van der Waals surface area contributed by atoms with Crippen LogP contribution in [0.4, 0.5) is 11.5 Å². The first-order chi connectivity index (χ1) is 11.7. The van der Waals surface area contributed by atoms with E-state index in [9.17, 15) is 4.79 Å². The fraction of sp³-hybridized carbons (Fsp3) is 0.158. The zero-order chi connectivity index (χ0) is 16.8. The molecule has 24 heavy (non-hydrogen) atoms. The van der Waals surface area contributed by atoms with Crippen molar-refractivity contribution in [1.29, 1.82) is 0 Å². The van der Waals surface area contributed by atoms with Gasteiger partial charge in [-0.15, -0.1) is 0 Å². The topological polar surface area (TPSA) is 56.1 Å². The van der Waals surface area contributed by atoms with Crippen LogP contribution in [0.1, 0.15) is 12.5 Å². The van der Waals surface area contributed by atoms with Gasteiger partial charge in [0.25, 0.3) is 0 Å². The van der Waals surface area contributed by atoms with Gasteiger partial charge >= 0.3 is 5.97 Å². The molecule has 0 saturated heterocycles. The van der Waals surface area contributed by atoms with Crippen LogP contribution >= 0.6 is 0 Å². The summed E-state index contributed by atoms with van der Waals surface area (Å²) in [4.78, 5) is 11.5. The Hall–Kier alpha value is -3.08. The predicted octanol–water partition coefficient (Wildman–Crippen LogP) is 3.72. The van der Waals surface area contributed by atoms with Gasteiger partial charge in [-0.05, 0) is 36.8 Å². The smallest absolute Gasteiger partial charge is 0.310 e. The number of hydrogen-bond donors (Lipinski definition) is 1. The Labute approximate surface area is 140 Å². The molecular weight excluding hydrogens is 302 g/mol. The van der Waals surface area contributed by atoms with Gasteiger partial charge in [0, 0.05) is 18.0 Å². The predicted molar refractivity (Wildman–Crippen MR) is 93.6 cm³/mol. The second-order valence-electron chi connectivity index (χ2n) is 5.28. The summed E-state index contributed by atoms with van der Waals surface area (Å²) in [6.45, 7) is 2.21. The van der Waals surface area contributed by atoms with Gasteiger partial charge in [-0.1, -0.05) is 30.3 Å². The molecule has 0 aliphatic carbocycles. The number of benzene rings is 2. The molecule has 1 heterocycles. The Bertz CT molecular complexity index is 795. The largest absolute Gasteiger partial charge is 0.466 e. The van der Waals surface area contributed by atoms with Crippen LogP contribution in [-0.4, -0.2) is 22.4 Å². The highest BCUT2D eigenvalue weighted by Crippen LogP contribution is 2.17. The normalized spacial score (nSPS) is 10.4. The van der Waals surface area contributed by atoms with E-state index in [1.165, 1.54) is 0 Å². The number of esters is 1. The Morgan fingerprint density at radius 3 is 2.54 bits per heavy atom. The fourth-order valence-corrected chi connectivity index (χ4v) is 2.35. The molecule has 0 aliphatic heterocycles. The molecule has 0 atom stereocenters. The number of carbonyl (C=O) groups excluding carboxylic acids is 1. The lowest BCUT2D eigenvalue weighted by molar-refractivity contribution is -0.142. The molecule has 0 spiro atoms. The molecule has 0 fully saturated rings. The van der Waals surface area contributed by atoms with Crippen molar-refractivity contribution in [1.82, 2.24) is 9.78 Å². The van der Waals surface area contributed by atoms with Gasteiger partial charge in [0.1, 0.15) is 0 Å². The van der Waals surface area contributed by atoms with Crippen molar-refractivity contribution in [3.63, 3.8) is 0 Å². The van der Waals surface area contributed by atoms with Gasteiger partial charge in [-0.3, -0.25) is 4.79 Å². The first kappa shape index (κ1) is 15.8.